The van der Waals surface area contributed by atoms with Crippen LogP contribution in [-0.4, -0.2) is 33.9 Å². The number of hydrogen-bond donors (Lipinski definition) is 1. The van der Waals surface area contributed by atoms with Crippen molar-refractivity contribution in [1.29, 1.82) is 0 Å². The van der Waals surface area contributed by atoms with E-state index in [4.69, 9.17) is 0 Å². The Morgan fingerprint density at radius 1 is 1.28 bits per heavy atom. The maximum atomic E-state index is 13.1. The molecule has 0 radical (unpaired) electrons. The number of hydrogen-bond acceptors (Lipinski definition) is 4. The Balaban J connectivity index is 1.89. The van der Waals surface area contributed by atoms with Crippen molar-refractivity contribution in [3.05, 3.63) is 75.1 Å². The van der Waals surface area contributed by atoms with E-state index < -0.39 is 22.2 Å². The zero-order valence-corrected chi connectivity index (χ0v) is 13.6. The van der Waals surface area contributed by atoms with Gasteiger partial charge < -0.3 is 10.0 Å². The first kappa shape index (κ1) is 17.0. The van der Waals surface area contributed by atoms with E-state index in [0.29, 0.717) is 11.1 Å². The van der Waals surface area contributed by atoms with Crippen LogP contribution in [0, 0.1) is 22.9 Å². The first-order valence-electron chi connectivity index (χ1n) is 7.83. The van der Waals surface area contributed by atoms with Gasteiger partial charge in [-0.15, -0.1) is 0 Å². The van der Waals surface area contributed by atoms with Gasteiger partial charge in [0, 0.05) is 12.6 Å². The van der Waals surface area contributed by atoms with E-state index in [-0.39, 0.29) is 30.8 Å². The van der Waals surface area contributed by atoms with E-state index in [2.05, 4.69) is 0 Å². The van der Waals surface area contributed by atoms with Crippen molar-refractivity contribution in [2.75, 3.05) is 13.1 Å². The molecule has 1 fully saturated rings. The third-order valence-electron chi connectivity index (χ3n) is 4.58. The van der Waals surface area contributed by atoms with Crippen LogP contribution in [0.3, 0.4) is 0 Å². The number of halogens is 1. The lowest BCUT2D eigenvalue weighted by atomic mass is 9.93. The number of nitro groups is 1. The molecule has 1 atom stereocenters. The Bertz CT molecular complexity index is 837. The average Bonchev–Trinajstić information content (AvgIpc) is 2.98. The Hall–Kier alpha value is -2.80. The molecule has 1 saturated heterocycles. The molecular formula is C18H17FN2O4. The van der Waals surface area contributed by atoms with Crippen molar-refractivity contribution < 1.29 is 19.2 Å². The molecule has 0 unspecified atom stereocenters. The van der Waals surface area contributed by atoms with E-state index in [0.717, 1.165) is 0 Å². The normalized spacial score (nSPS) is 19.9. The van der Waals surface area contributed by atoms with E-state index in [9.17, 15) is 24.4 Å². The monoisotopic (exact) mass is 344 g/mol. The minimum absolute atomic E-state index is 0.00293. The average molecular weight is 344 g/mol. The van der Waals surface area contributed by atoms with Gasteiger partial charge >= 0.3 is 0 Å². The number of nitro benzene ring substituents is 1. The van der Waals surface area contributed by atoms with E-state index >= 15 is 0 Å². The van der Waals surface area contributed by atoms with Gasteiger partial charge in [-0.3, -0.25) is 14.9 Å². The third-order valence-corrected chi connectivity index (χ3v) is 4.58. The number of nitrogens with zero attached hydrogens (tertiary/aromatic N) is 2. The Morgan fingerprint density at radius 2 is 1.96 bits per heavy atom. The summed E-state index contributed by atoms with van der Waals surface area (Å²) in [7, 11) is 0. The van der Waals surface area contributed by atoms with Crippen LogP contribution in [0.5, 0.6) is 0 Å². The van der Waals surface area contributed by atoms with Crippen molar-refractivity contribution in [3.8, 4) is 0 Å². The molecule has 130 valence electrons. The molecule has 25 heavy (non-hydrogen) atoms. The summed E-state index contributed by atoms with van der Waals surface area (Å²) in [6.45, 7) is 1.91. The summed E-state index contributed by atoms with van der Waals surface area (Å²) in [4.78, 5) is 24.9. The minimum Gasteiger partial charge on any atom is -0.383 e. The fraction of sp³-hybridized carbons (Fsp3) is 0.278. The van der Waals surface area contributed by atoms with E-state index in [1.807, 2.05) is 0 Å². The molecule has 1 aliphatic rings. The maximum Gasteiger partial charge on any atom is 0.282 e. The Kier molecular flexibility index (Phi) is 4.26. The van der Waals surface area contributed by atoms with Crippen LogP contribution in [0.2, 0.25) is 0 Å². The lowest BCUT2D eigenvalue weighted by molar-refractivity contribution is -0.385. The number of rotatable bonds is 3. The maximum absolute atomic E-state index is 13.1. The molecule has 0 spiro atoms. The van der Waals surface area contributed by atoms with Gasteiger partial charge in [-0.2, -0.15) is 0 Å². The topological polar surface area (TPSA) is 83.7 Å². The highest BCUT2D eigenvalue weighted by molar-refractivity contribution is 5.99. The summed E-state index contributed by atoms with van der Waals surface area (Å²) < 4.78 is 13.1. The second kappa shape index (κ2) is 6.25. The summed E-state index contributed by atoms with van der Waals surface area (Å²) >= 11 is 0. The largest absolute Gasteiger partial charge is 0.383 e. The lowest BCUT2D eigenvalue weighted by Gasteiger charge is -2.24. The van der Waals surface area contributed by atoms with Crippen LogP contribution in [0.4, 0.5) is 10.1 Å². The summed E-state index contributed by atoms with van der Waals surface area (Å²) in [5.41, 5.74) is -0.473. The molecule has 2 aromatic rings. The summed E-state index contributed by atoms with van der Waals surface area (Å²) in [5.74, 6) is -0.892. The summed E-state index contributed by atoms with van der Waals surface area (Å²) in [6.07, 6.45) is 0.282. The minimum atomic E-state index is -1.29. The van der Waals surface area contributed by atoms with Crippen LogP contribution >= 0.6 is 0 Å². The molecule has 1 N–H and O–H groups in total. The van der Waals surface area contributed by atoms with Crippen molar-refractivity contribution in [1.82, 2.24) is 4.90 Å². The van der Waals surface area contributed by atoms with Crippen molar-refractivity contribution in [2.24, 2.45) is 0 Å². The van der Waals surface area contributed by atoms with Gasteiger partial charge in [0.05, 0.1) is 11.5 Å². The smallest absolute Gasteiger partial charge is 0.282 e. The number of carbonyl (C=O) groups excluding carboxylic acids is 1. The standard InChI is InChI=1S/C18H17FN2O4/c1-12-3-2-4-15(21(24)25)16(12)17(22)20-10-9-18(23,11-20)13-5-7-14(19)8-6-13/h2-8,23H,9-11H2,1H3/t18-/m1/s1. The molecular weight excluding hydrogens is 327 g/mol. The summed E-state index contributed by atoms with van der Waals surface area (Å²) in [5, 5.41) is 22.0. The first-order valence-corrected chi connectivity index (χ1v) is 7.83. The Labute approximate surface area is 143 Å². The van der Waals surface area contributed by atoms with Crippen molar-refractivity contribution in [2.45, 2.75) is 18.9 Å². The predicted molar refractivity (Wildman–Crippen MR) is 88.7 cm³/mol. The van der Waals surface area contributed by atoms with Crippen LogP contribution in [0.1, 0.15) is 27.9 Å². The molecule has 1 aliphatic heterocycles. The van der Waals surface area contributed by atoms with Gasteiger partial charge in [-0.1, -0.05) is 24.3 Å². The van der Waals surface area contributed by atoms with Gasteiger partial charge in [0.1, 0.15) is 17.0 Å². The second-order valence-electron chi connectivity index (χ2n) is 6.24. The number of β-amino-alcohol motifs (C(OH)–C–C–N with tert-alkyl or cyclic N) is 1. The highest BCUT2D eigenvalue weighted by Crippen LogP contribution is 2.34. The number of aliphatic hydroxyl groups is 1. The number of aryl methyl sites for hydroxylation is 1. The molecule has 7 heteroatoms. The van der Waals surface area contributed by atoms with Crippen LogP contribution in [0.15, 0.2) is 42.5 Å². The van der Waals surface area contributed by atoms with Gasteiger partial charge in [0.25, 0.3) is 11.6 Å². The molecule has 1 heterocycles. The molecule has 6 nitrogen and oxygen atoms in total. The van der Waals surface area contributed by atoms with Crippen molar-refractivity contribution in [3.63, 3.8) is 0 Å². The highest BCUT2D eigenvalue weighted by atomic mass is 19.1. The highest BCUT2D eigenvalue weighted by Gasteiger charge is 2.41. The van der Waals surface area contributed by atoms with E-state index in [1.54, 1.807) is 13.0 Å². The molecule has 0 aliphatic carbocycles. The van der Waals surface area contributed by atoms with Crippen molar-refractivity contribution >= 4 is 11.6 Å². The van der Waals surface area contributed by atoms with Crippen LogP contribution < -0.4 is 0 Å². The molecule has 3 rings (SSSR count). The molecule has 2 aromatic carbocycles. The fourth-order valence-corrected chi connectivity index (χ4v) is 3.20. The SMILES string of the molecule is Cc1cccc([N+](=O)[O-])c1C(=O)N1CC[C@](O)(c2ccc(F)cc2)C1. The van der Waals surface area contributed by atoms with Gasteiger partial charge in [0.2, 0.25) is 0 Å². The van der Waals surface area contributed by atoms with Crippen LogP contribution in [0.25, 0.3) is 0 Å². The molecule has 1 amide bonds. The van der Waals surface area contributed by atoms with Gasteiger partial charge in [0.15, 0.2) is 0 Å². The third kappa shape index (κ3) is 3.10. The number of amides is 1. The summed E-state index contributed by atoms with van der Waals surface area (Å²) in [6, 6.07) is 9.95. The first-order chi connectivity index (χ1) is 11.8. The Morgan fingerprint density at radius 3 is 2.60 bits per heavy atom. The lowest BCUT2D eigenvalue weighted by Crippen LogP contribution is -2.35. The predicted octanol–water partition coefficient (Wildman–Crippen LogP) is 2.78. The quantitative estimate of drug-likeness (QED) is 0.685. The number of benzene rings is 2. The number of carbonyl (C=O) groups is 1. The fourth-order valence-electron chi connectivity index (χ4n) is 3.20. The molecule has 0 bridgehead atoms. The number of likely N-dealkylation sites (tertiary alicyclic amines) is 1. The van der Waals surface area contributed by atoms with E-state index in [1.165, 1.54) is 41.3 Å². The second-order valence-corrected chi connectivity index (χ2v) is 6.24. The zero-order chi connectivity index (χ0) is 18.2. The van der Waals surface area contributed by atoms with Gasteiger partial charge in [-0.25, -0.2) is 4.39 Å². The van der Waals surface area contributed by atoms with Gasteiger partial charge in [-0.05, 0) is 36.6 Å². The van der Waals surface area contributed by atoms with Crippen LogP contribution in [-0.2, 0) is 5.60 Å². The molecule has 0 saturated carbocycles. The zero-order valence-electron chi connectivity index (χ0n) is 13.6. The molecule has 0 aromatic heterocycles.